The van der Waals surface area contributed by atoms with E-state index in [2.05, 4.69) is 44.6 Å². The summed E-state index contributed by atoms with van der Waals surface area (Å²) in [5, 5.41) is 13.4. The maximum atomic E-state index is 13.9. The zero-order valence-corrected chi connectivity index (χ0v) is 40.1. The second-order valence-corrected chi connectivity index (χ2v) is 19.7. The number of amides is 4. The van der Waals surface area contributed by atoms with Gasteiger partial charge in [0, 0.05) is 75.2 Å². The molecule has 0 aliphatic heterocycles. The van der Waals surface area contributed by atoms with Gasteiger partial charge in [-0.3, -0.25) is 24.2 Å². The lowest BCUT2D eigenvalue weighted by molar-refractivity contribution is 0.0269. The molecule has 0 radical (unpaired) electrons. The van der Waals surface area contributed by atoms with E-state index in [-0.39, 0.29) is 41.7 Å². The molecule has 3 aromatic carbocycles. The molecule has 5 N–H and O–H groups in total. The van der Waals surface area contributed by atoms with E-state index in [1.165, 1.54) is 0 Å². The van der Waals surface area contributed by atoms with E-state index in [1.54, 1.807) is 42.3 Å². The molecular formula is C49H66N8O8S. The number of sulfonamides is 1. The maximum absolute atomic E-state index is 13.9. The van der Waals surface area contributed by atoms with Gasteiger partial charge in [-0.1, -0.05) is 50.2 Å². The molecule has 0 atom stereocenters. The van der Waals surface area contributed by atoms with Crippen LogP contribution in [0, 0.1) is 5.92 Å². The van der Waals surface area contributed by atoms with Crippen molar-refractivity contribution in [2.45, 2.75) is 91.6 Å². The largest absolute Gasteiger partial charge is 0.477 e. The number of nitrogens with zero attached hydrogens (tertiary/aromatic N) is 4. The highest BCUT2D eigenvalue weighted by Crippen LogP contribution is 2.30. The van der Waals surface area contributed by atoms with E-state index in [0.29, 0.717) is 67.9 Å². The average Bonchev–Trinajstić information content (AvgIpc) is 4.10. The molecule has 1 heterocycles. The van der Waals surface area contributed by atoms with Gasteiger partial charge in [0.15, 0.2) is 5.69 Å². The number of benzene rings is 3. The minimum absolute atomic E-state index is 0.0117. The van der Waals surface area contributed by atoms with Crippen LogP contribution in [0.25, 0.3) is 0 Å². The maximum Gasteiger partial charge on any atom is 0.410 e. The van der Waals surface area contributed by atoms with Crippen LogP contribution in [-0.2, 0) is 34.4 Å². The van der Waals surface area contributed by atoms with Crippen LogP contribution in [0.15, 0.2) is 84.9 Å². The Hall–Kier alpha value is -5.88. The Morgan fingerprint density at radius 3 is 2.05 bits per heavy atom. The molecule has 0 unspecified atom stereocenters. The summed E-state index contributed by atoms with van der Waals surface area (Å²) in [5.74, 6) is -0.868. The molecule has 66 heavy (non-hydrogen) atoms. The van der Waals surface area contributed by atoms with Gasteiger partial charge in [-0.25, -0.2) is 23.3 Å². The lowest BCUT2D eigenvalue weighted by Crippen LogP contribution is -2.42. The summed E-state index contributed by atoms with van der Waals surface area (Å²) in [6.45, 7) is 13.1. The van der Waals surface area contributed by atoms with E-state index < -0.39 is 27.4 Å². The topological polar surface area (TPSA) is 206 Å². The highest BCUT2D eigenvalue weighted by molar-refractivity contribution is 7.89. The molecule has 16 nitrogen and oxygen atoms in total. The zero-order chi connectivity index (χ0) is 48.0. The summed E-state index contributed by atoms with van der Waals surface area (Å²) in [6, 6.07) is 25.5. The molecular weight excluding hydrogens is 861 g/mol. The number of nitrogens with two attached hydrogens (primary N) is 1. The number of primary sulfonamides is 1. The molecule has 1 aliphatic carbocycles. The fraction of sp³-hybridized carbons (Fsp3) is 0.449. The van der Waals surface area contributed by atoms with Gasteiger partial charge in [-0.2, -0.15) is 0 Å². The van der Waals surface area contributed by atoms with Crippen LogP contribution in [0.3, 0.4) is 0 Å². The number of nitrogens with one attached hydrogen (secondary N) is 3. The summed E-state index contributed by atoms with van der Waals surface area (Å²) in [7, 11) is 0.0428. The number of aromatic nitrogens is 1. The fourth-order valence-electron chi connectivity index (χ4n) is 7.16. The summed E-state index contributed by atoms with van der Waals surface area (Å²) >= 11 is 0. The molecule has 0 spiro atoms. The molecule has 17 heteroatoms. The van der Waals surface area contributed by atoms with Crippen molar-refractivity contribution in [2.75, 3.05) is 56.7 Å². The fourth-order valence-corrected chi connectivity index (χ4v) is 7.55. The van der Waals surface area contributed by atoms with Crippen molar-refractivity contribution in [2.24, 2.45) is 11.1 Å². The number of ether oxygens (including phenoxy) is 2. The van der Waals surface area contributed by atoms with E-state index in [1.807, 2.05) is 82.4 Å². The smallest absolute Gasteiger partial charge is 0.410 e. The van der Waals surface area contributed by atoms with E-state index in [0.717, 1.165) is 42.4 Å². The van der Waals surface area contributed by atoms with Gasteiger partial charge in [0.25, 0.3) is 17.7 Å². The van der Waals surface area contributed by atoms with E-state index in [9.17, 15) is 27.6 Å². The Morgan fingerprint density at radius 2 is 1.44 bits per heavy atom. The molecule has 4 aromatic rings. The summed E-state index contributed by atoms with van der Waals surface area (Å²) in [6.07, 6.45) is 3.65. The van der Waals surface area contributed by atoms with Gasteiger partial charge in [0.1, 0.15) is 5.60 Å². The Balaban J connectivity index is 1.22. The van der Waals surface area contributed by atoms with Crippen molar-refractivity contribution in [3.8, 4) is 5.88 Å². The Morgan fingerprint density at radius 1 is 0.788 bits per heavy atom. The van der Waals surface area contributed by atoms with E-state index in [4.69, 9.17) is 14.6 Å². The first-order valence-electron chi connectivity index (χ1n) is 22.5. The summed E-state index contributed by atoms with van der Waals surface area (Å²) in [4.78, 5) is 63.4. The molecule has 1 aliphatic rings. The zero-order valence-electron chi connectivity index (χ0n) is 39.3. The summed E-state index contributed by atoms with van der Waals surface area (Å²) < 4.78 is 33.8. The van der Waals surface area contributed by atoms with Crippen molar-refractivity contribution in [1.82, 2.24) is 25.0 Å². The Kier molecular flexibility index (Phi) is 18.2. The van der Waals surface area contributed by atoms with Crippen molar-refractivity contribution in [3.05, 3.63) is 118 Å². The third-order valence-electron chi connectivity index (χ3n) is 11.0. The Labute approximate surface area is 389 Å². The van der Waals surface area contributed by atoms with Crippen LogP contribution in [0.5, 0.6) is 5.88 Å². The normalized spacial score (nSPS) is 12.8. The number of hydrogen-bond acceptors (Lipinski definition) is 11. The van der Waals surface area contributed by atoms with Crippen LogP contribution < -0.4 is 25.8 Å². The molecule has 1 aromatic heterocycles. The minimum atomic E-state index is -3.67. The lowest BCUT2D eigenvalue weighted by atomic mass is 10.1. The molecule has 0 saturated heterocycles. The first-order chi connectivity index (χ1) is 31.3. The molecule has 1 saturated carbocycles. The van der Waals surface area contributed by atoms with Crippen LogP contribution in [0.2, 0.25) is 0 Å². The van der Waals surface area contributed by atoms with Gasteiger partial charge in [0.05, 0.1) is 18.0 Å². The second-order valence-electron chi connectivity index (χ2n) is 17.9. The lowest BCUT2D eigenvalue weighted by Gasteiger charge is -2.32. The van der Waals surface area contributed by atoms with Gasteiger partial charge in [-0.05, 0) is 119 Å². The summed E-state index contributed by atoms with van der Waals surface area (Å²) in [5.41, 5.74) is 3.95. The third kappa shape index (κ3) is 16.8. The number of anilines is 2. The van der Waals surface area contributed by atoms with Crippen molar-refractivity contribution in [1.29, 1.82) is 0 Å². The van der Waals surface area contributed by atoms with Crippen molar-refractivity contribution < 1.29 is 37.1 Å². The number of rotatable bonds is 23. The van der Waals surface area contributed by atoms with Crippen molar-refractivity contribution in [3.63, 3.8) is 0 Å². The van der Waals surface area contributed by atoms with Crippen LogP contribution in [-0.4, -0.2) is 110 Å². The number of pyridine rings is 1. The van der Waals surface area contributed by atoms with Crippen LogP contribution in [0.4, 0.5) is 16.2 Å². The predicted octanol–water partition coefficient (Wildman–Crippen LogP) is 6.88. The number of hydrogen-bond donors (Lipinski definition) is 4. The van der Waals surface area contributed by atoms with Gasteiger partial charge < -0.3 is 30.3 Å². The second kappa shape index (κ2) is 23.5. The number of carbonyl (C=O) groups is 4. The highest BCUT2D eigenvalue weighted by atomic mass is 32.2. The predicted molar refractivity (Wildman–Crippen MR) is 257 cm³/mol. The molecule has 4 amide bonds. The molecule has 0 bridgehead atoms. The van der Waals surface area contributed by atoms with Crippen molar-refractivity contribution >= 4 is 45.2 Å². The Bertz CT molecular complexity index is 2380. The molecule has 1 fully saturated rings. The van der Waals surface area contributed by atoms with Gasteiger partial charge in [-0.15, -0.1) is 0 Å². The van der Waals surface area contributed by atoms with Gasteiger partial charge in [0.2, 0.25) is 15.9 Å². The molecule has 5 rings (SSSR count). The van der Waals surface area contributed by atoms with Crippen LogP contribution in [0.1, 0.15) is 108 Å². The first kappa shape index (κ1) is 51.1. The van der Waals surface area contributed by atoms with Crippen LogP contribution >= 0.6 is 0 Å². The average molecular weight is 927 g/mol. The van der Waals surface area contributed by atoms with E-state index >= 15 is 0 Å². The molecule has 356 valence electrons. The first-order valence-corrected chi connectivity index (χ1v) is 24.2. The number of likely N-dealkylation sites (N-methyl/N-ethyl adjacent to an activating group) is 1. The third-order valence-corrected chi connectivity index (χ3v) is 11.7. The standard InChI is InChI=1S/C49H66N8O8S/c1-8-41(9-2)57(27-26-56(7)48(61)65-49(3,4)5)32-37-11-10-12-39(29-37)46(59)53-42-23-24-43(64-33-36-13-14-36)54-44(42)47(60)52-40-21-17-35(18-22-40)31-55(6)30-34-15-19-38(20-16-34)45(58)51-25-28-66(50,62)63/h10-12,15-24,29,36,41H,8-9,13-14,25-28,30-33H2,1-7H3,(H,51,58)(H,52,60)(H,53,59)(H2,50,62,63). The quantitative estimate of drug-likeness (QED) is 0.0603. The highest BCUT2D eigenvalue weighted by Gasteiger charge is 2.25. The van der Waals surface area contributed by atoms with Gasteiger partial charge >= 0.3 is 6.09 Å². The SMILES string of the molecule is CCC(CC)N(CCN(C)C(=O)OC(C)(C)C)Cc1cccc(C(=O)Nc2ccc(OCC3CC3)nc2C(=O)Nc2ccc(CN(C)Cc3ccc(C(=O)NCCS(N)(=O)=O)cc3)cc2)c1. The monoisotopic (exact) mass is 926 g/mol. The minimum Gasteiger partial charge on any atom is -0.477 e. The number of carbonyl (C=O) groups excluding carboxylic acids is 4.